The number of nitrogens with zero attached hydrogens (tertiary/aromatic N) is 6. The van der Waals surface area contributed by atoms with E-state index in [2.05, 4.69) is 77.5 Å². The predicted octanol–water partition coefficient (Wildman–Crippen LogP) is 6.86. The molecule has 0 unspecified atom stereocenters. The molecule has 0 aliphatic carbocycles. The zero-order valence-electron chi connectivity index (χ0n) is 23.9. The van der Waals surface area contributed by atoms with E-state index in [0.717, 1.165) is 45.0 Å². The number of oxazole rings is 2. The van der Waals surface area contributed by atoms with E-state index in [4.69, 9.17) is 19.0 Å². The topological polar surface area (TPSA) is 87.7 Å². The van der Waals surface area contributed by atoms with Crippen LogP contribution in [0.5, 0.6) is 0 Å². The molecule has 0 radical (unpaired) electrons. The first-order chi connectivity index (χ1) is 18.3. The van der Waals surface area contributed by atoms with E-state index < -0.39 is 5.41 Å². The van der Waals surface area contributed by atoms with Crippen LogP contribution in [0, 0.1) is 12.1 Å². The van der Waals surface area contributed by atoms with Crippen molar-refractivity contribution in [3.8, 4) is 11.4 Å². The van der Waals surface area contributed by atoms with Gasteiger partial charge in [0.05, 0.1) is 16.8 Å². The van der Waals surface area contributed by atoms with Crippen molar-refractivity contribution in [1.82, 2.24) is 29.5 Å². The van der Waals surface area contributed by atoms with Crippen LogP contribution in [0.15, 0.2) is 57.6 Å². The van der Waals surface area contributed by atoms with Gasteiger partial charge in [-0.3, -0.25) is 9.36 Å². The summed E-state index contributed by atoms with van der Waals surface area (Å²) in [6.45, 7) is 16.7. The molecule has 0 bridgehead atoms. The standard InChI is InChI=1S/C31H32N6O2.Pt/c1-29(2,3)27-32-21-17-19(9-11-23(21)38-27)36-15-13-25(34-36)31(7,8)26-14-16-37(35-26)20-10-12-24-22(18-20)33-28(39-24)30(4,5)6;/h11-18H,1-8H3;/q-2;+2. The summed E-state index contributed by atoms with van der Waals surface area (Å²) in [6, 6.07) is 18.1. The molecule has 0 aliphatic rings. The van der Waals surface area contributed by atoms with E-state index in [1.807, 2.05) is 58.2 Å². The third-order valence-electron chi connectivity index (χ3n) is 6.85. The van der Waals surface area contributed by atoms with Gasteiger partial charge in [0.1, 0.15) is 0 Å². The van der Waals surface area contributed by atoms with Gasteiger partial charge < -0.3 is 8.83 Å². The van der Waals surface area contributed by atoms with Gasteiger partial charge in [0.25, 0.3) is 0 Å². The fourth-order valence-electron chi connectivity index (χ4n) is 4.34. The molecular weight excluding hydrogens is 683 g/mol. The van der Waals surface area contributed by atoms with Crippen LogP contribution in [0.4, 0.5) is 0 Å². The quantitative estimate of drug-likeness (QED) is 0.186. The van der Waals surface area contributed by atoms with Crippen LogP contribution in [0.1, 0.15) is 78.6 Å². The van der Waals surface area contributed by atoms with E-state index in [1.165, 1.54) is 0 Å². The predicted molar refractivity (Wildman–Crippen MR) is 149 cm³/mol. The van der Waals surface area contributed by atoms with Crippen molar-refractivity contribution in [3.05, 3.63) is 84.1 Å². The Morgan fingerprint density at radius 2 is 1.05 bits per heavy atom. The minimum atomic E-state index is -0.439. The third kappa shape index (κ3) is 4.94. The van der Waals surface area contributed by atoms with Gasteiger partial charge in [-0.25, -0.2) is 9.97 Å². The first kappa shape index (κ1) is 28.0. The Hall–Kier alpha value is -3.51. The van der Waals surface area contributed by atoms with Crippen molar-refractivity contribution in [2.75, 3.05) is 0 Å². The molecule has 208 valence electrons. The van der Waals surface area contributed by atoms with E-state index in [-0.39, 0.29) is 31.9 Å². The number of benzene rings is 2. The van der Waals surface area contributed by atoms with Gasteiger partial charge in [0.2, 0.25) is 0 Å². The summed E-state index contributed by atoms with van der Waals surface area (Å²) in [5.41, 5.74) is 5.63. The summed E-state index contributed by atoms with van der Waals surface area (Å²) < 4.78 is 15.5. The zero-order chi connectivity index (χ0) is 27.7. The largest absolute Gasteiger partial charge is 2.00 e. The fourth-order valence-corrected chi connectivity index (χ4v) is 4.34. The molecular formula is C31H32N6O2Pt. The molecule has 0 aliphatic heterocycles. The third-order valence-corrected chi connectivity index (χ3v) is 6.85. The molecule has 4 heterocycles. The number of hydrogen-bond donors (Lipinski definition) is 0. The van der Waals surface area contributed by atoms with Crippen LogP contribution in [0.25, 0.3) is 33.6 Å². The summed E-state index contributed by atoms with van der Waals surface area (Å²) in [5, 5.41) is 9.77. The van der Waals surface area contributed by atoms with Gasteiger partial charge in [-0.05, 0) is 37.4 Å². The smallest absolute Gasteiger partial charge is 0.503 e. The Labute approximate surface area is 248 Å². The van der Waals surface area contributed by atoms with Crippen LogP contribution in [0.2, 0.25) is 0 Å². The average molecular weight is 716 g/mol. The molecule has 0 saturated carbocycles. The molecule has 40 heavy (non-hydrogen) atoms. The first-order valence-corrected chi connectivity index (χ1v) is 13.1. The van der Waals surface area contributed by atoms with E-state index in [1.54, 1.807) is 0 Å². The van der Waals surface area contributed by atoms with E-state index in [0.29, 0.717) is 11.8 Å². The van der Waals surface area contributed by atoms with Crippen molar-refractivity contribution in [2.24, 2.45) is 0 Å². The Morgan fingerprint density at radius 3 is 1.43 bits per heavy atom. The Morgan fingerprint density at radius 1 is 0.650 bits per heavy atom. The number of aromatic nitrogens is 6. The summed E-state index contributed by atoms with van der Waals surface area (Å²) in [4.78, 5) is 9.37. The molecule has 0 amide bonds. The molecule has 6 rings (SSSR count). The second-order valence-corrected chi connectivity index (χ2v) is 12.6. The summed E-state index contributed by atoms with van der Waals surface area (Å²) in [5.74, 6) is 1.41. The Balaban J connectivity index is 0.00000323. The molecule has 0 atom stereocenters. The van der Waals surface area contributed by atoms with E-state index >= 15 is 0 Å². The monoisotopic (exact) mass is 715 g/mol. The van der Waals surface area contributed by atoms with Crippen LogP contribution < -0.4 is 0 Å². The van der Waals surface area contributed by atoms with Gasteiger partial charge in [-0.15, -0.1) is 24.3 Å². The molecule has 6 aromatic rings. The summed E-state index contributed by atoms with van der Waals surface area (Å²) in [7, 11) is 0. The normalized spacial score (nSPS) is 12.8. The second-order valence-electron chi connectivity index (χ2n) is 12.6. The number of hydrogen-bond acceptors (Lipinski definition) is 6. The SMILES string of the molecule is CC(C)(C)c1nc2cc(-n3ccc(C(C)(C)c4ccn(-c5[c-]cc6oc(C(C)(C)C)nc6c5)n4)n3)[c-]cc2o1.[Pt+2]. The minimum Gasteiger partial charge on any atom is -0.503 e. The summed E-state index contributed by atoms with van der Waals surface area (Å²) in [6.07, 6.45) is 3.88. The molecule has 8 nitrogen and oxygen atoms in total. The van der Waals surface area contributed by atoms with Gasteiger partial charge in [0, 0.05) is 45.4 Å². The number of rotatable bonds is 4. The van der Waals surface area contributed by atoms with Crippen molar-refractivity contribution in [2.45, 2.75) is 71.6 Å². The first-order valence-electron chi connectivity index (χ1n) is 13.1. The van der Waals surface area contributed by atoms with Gasteiger partial charge >= 0.3 is 21.1 Å². The van der Waals surface area contributed by atoms with Crippen molar-refractivity contribution >= 4 is 22.2 Å². The van der Waals surface area contributed by atoms with Crippen LogP contribution in [-0.4, -0.2) is 29.5 Å². The molecule has 0 saturated heterocycles. The second kappa shape index (κ2) is 9.55. The maximum Gasteiger partial charge on any atom is 2.00 e. The molecule has 4 aromatic heterocycles. The van der Waals surface area contributed by atoms with Crippen molar-refractivity contribution in [1.29, 1.82) is 0 Å². The van der Waals surface area contributed by atoms with Gasteiger partial charge in [0.15, 0.2) is 11.8 Å². The zero-order valence-corrected chi connectivity index (χ0v) is 26.2. The molecule has 0 fully saturated rings. The molecule has 2 aromatic carbocycles. The van der Waals surface area contributed by atoms with Crippen molar-refractivity contribution < 1.29 is 29.9 Å². The van der Waals surface area contributed by atoms with Gasteiger partial charge in [-0.1, -0.05) is 41.5 Å². The van der Waals surface area contributed by atoms with Crippen molar-refractivity contribution in [3.63, 3.8) is 0 Å². The summed E-state index contributed by atoms with van der Waals surface area (Å²) >= 11 is 0. The molecule has 0 spiro atoms. The van der Waals surface area contributed by atoms with E-state index in [9.17, 15) is 0 Å². The maximum absolute atomic E-state index is 5.92. The Kier molecular flexibility index (Phi) is 6.69. The average Bonchev–Trinajstić information content (AvgIpc) is 3.65. The van der Waals surface area contributed by atoms with Gasteiger partial charge in [-0.2, -0.15) is 22.3 Å². The Bertz CT molecular complexity index is 1690. The van der Waals surface area contributed by atoms with Crippen LogP contribution >= 0.6 is 0 Å². The minimum absolute atomic E-state index is 0. The maximum atomic E-state index is 5.92. The molecule has 0 N–H and O–H groups in total. The number of fused-ring (bicyclic) bond motifs is 2. The van der Waals surface area contributed by atoms with Crippen LogP contribution in [-0.2, 0) is 37.3 Å². The molecule has 9 heteroatoms. The van der Waals surface area contributed by atoms with Crippen LogP contribution in [0.3, 0.4) is 0 Å². The fraction of sp³-hybridized carbons (Fsp3) is 0.355.